The Morgan fingerprint density at radius 2 is 1.77 bits per heavy atom. The van der Waals surface area contributed by atoms with Crippen LogP contribution >= 0.6 is 12.2 Å². The van der Waals surface area contributed by atoms with Gasteiger partial charge in [0.25, 0.3) is 5.89 Å². The average Bonchev–Trinajstić information content (AvgIpc) is 3.34. The Labute approximate surface area is 207 Å². The molecular weight excluding hydrogens is 466 g/mol. The van der Waals surface area contributed by atoms with Crippen molar-refractivity contribution in [2.75, 3.05) is 4.90 Å². The van der Waals surface area contributed by atoms with E-state index in [0.29, 0.717) is 16.2 Å². The van der Waals surface area contributed by atoms with E-state index in [-0.39, 0.29) is 23.3 Å². The van der Waals surface area contributed by atoms with Crippen molar-refractivity contribution in [1.29, 1.82) is 0 Å². The maximum atomic E-state index is 13.8. The Morgan fingerprint density at radius 1 is 1.00 bits per heavy atom. The third-order valence-corrected chi connectivity index (χ3v) is 6.30. The van der Waals surface area contributed by atoms with E-state index in [0.717, 1.165) is 23.4 Å². The van der Waals surface area contributed by atoms with E-state index in [9.17, 15) is 8.78 Å². The summed E-state index contributed by atoms with van der Waals surface area (Å²) in [6.07, 6.45) is 0.885. The van der Waals surface area contributed by atoms with Gasteiger partial charge < -0.3 is 9.84 Å². The van der Waals surface area contributed by atoms with Gasteiger partial charge in [-0.3, -0.25) is 4.90 Å². The number of nitrogens with one attached hydrogen (secondary N) is 1. The molecule has 1 atom stereocenters. The molecule has 4 aromatic rings. The van der Waals surface area contributed by atoms with Crippen LogP contribution in [0.15, 0.2) is 83.0 Å². The van der Waals surface area contributed by atoms with Gasteiger partial charge >= 0.3 is 0 Å². The van der Waals surface area contributed by atoms with Crippen LogP contribution in [-0.4, -0.2) is 15.3 Å². The van der Waals surface area contributed by atoms with Crippen molar-refractivity contribution in [3.63, 3.8) is 0 Å². The van der Waals surface area contributed by atoms with E-state index in [2.05, 4.69) is 34.5 Å². The Hall–Kier alpha value is -3.91. The molecule has 5 nitrogen and oxygen atoms in total. The number of benzene rings is 3. The molecule has 1 N–H and O–H groups in total. The highest BCUT2D eigenvalue weighted by Gasteiger charge is 2.34. The predicted octanol–water partition coefficient (Wildman–Crippen LogP) is 6.44. The molecule has 5 rings (SSSR count). The summed E-state index contributed by atoms with van der Waals surface area (Å²) >= 11 is 5.77. The number of aromatic nitrogens is 2. The van der Waals surface area contributed by atoms with Gasteiger partial charge in [0.1, 0.15) is 11.6 Å². The highest BCUT2D eigenvalue weighted by molar-refractivity contribution is 7.80. The van der Waals surface area contributed by atoms with Gasteiger partial charge in [-0.15, -0.1) is 0 Å². The van der Waals surface area contributed by atoms with Crippen LogP contribution in [0.4, 0.5) is 14.5 Å². The number of hydrogen-bond acceptors (Lipinski definition) is 4. The minimum atomic E-state index is -0.450. The summed E-state index contributed by atoms with van der Waals surface area (Å²) in [5, 5.41) is 7.96. The molecule has 0 amide bonds. The molecule has 0 bridgehead atoms. The summed E-state index contributed by atoms with van der Waals surface area (Å²) < 4.78 is 33.1. The van der Waals surface area contributed by atoms with E-state index >= 15 is 0 Å². The van der Waals surface area contributed by atoms with Crippen molar-refractivity contribution in [1.82, 2.24) is 15.5 Å². The lowest BCUT2D eigenvalue weighted by atomic mass is 9.94. The molecule has 0 saturated heterocycles. The first-order valence-corrected chi connectivity index (χ1v) is 11.6. The molecular formula is C27H22F2N4OS. The molecule has 0 aliphatic carbocycles. The van der Waals surface area contributed by atoms with Gasteiger partial charge in [0, 0.05) is 16.9 Å². The minimum absolute atomic E-state index is 0.266. The number of rotatable bonds is 5. The highest BCUT2D eigenvalue weighted by Crippen LogP contribution is 2.39. The average molecular weight is 489 g/mol. The fourth-order valence-corrected chi connectivity index (χ4v) is 4.59. The van der Waals surface area contributed by atoms with Crippen molar-refractivity contribution < 1.29 is 13.3 Å². The van der Waals surface area contributed by atoms with Gasteiger partial charge in [-0.25, -0.2) is 8.78 Å². The van der Waals surface area contributed by atoms with Crippen molar-refractivity contribution >= 4 is 28.6 Å². The van der Waals surface area contributed by atoms with Crippen LogP contribution < -0.4 is 10.2 Å². The first-order chi connectivity index (χ1) is 16.9. The van der Waals surface area contributed by atoms with Crippen molar-refractivity contribution in [3.05, 3.63) is 107 Å². The molecule has 1 aliphatic heterocycles. The Balaban J connectivity index is 1.66. The lowest BCUT2D eigenvalue weighted by Crippen LogP contribution is -2.46. The van der Waals surface area contributed by atoms with E-state index in [4.69, 9.17) is 16.7 Å². The Bertz CT molecular complexity index is 1430. The molecule has 176 valence electrons. The van der Waals surface area contributed by atoms with Gasteiger partial charge in [-0.05, 0) is 73.1 Å². The monoisotopic (exact) mass is 488 g/mol. The van der Waals surface area contributed by atoms with Crippen molar-refractivity contribution in [2.45, 2.75) is 26.3 Å². The number of hydrogen-bond donors (Lipinski definition) is 1. The van der Waals surface area contributed by atoms with Gasteiger partial charge in [0.15, 0.2) is 5.11 Å². The van der Waals surface area contributed by atoms with Crippen LogP contribution in [0.2, 0.25) is 0 Å². The van der Waals surface area contributed by atoms with Crippen LogP contribution in [-0.2, 0) is 6.42 Å². The summed E-state index contributed by atoms with van der Waals surface area (Å²) in [5.74, 6) is -0.188. The van der Waals surface area contributed by atoms with Gasteiger partial charge in [-0.2, -0.15) is 4.98 Å². The van der Waals surface area contributed by atoms with E-state index < -0.39 is 6.04 Å². The Morgan fingerprint density at radius 3 is 2.51 bits per heavy atom. The third-order valence-electron chi connectivity index (χ3n) is 6.00. The van der Waals surface area contributed by atoms with Crippen molar-refractivity contribution in [3.8, 4) is 11.4 Å². The predicted molar refractivity (Wildman–Crippen MR) is 135 cm³/mol. The zero-order valence-electron chi connectivity index (χ0n) is 19.1. The van der Waals surface area contributed by atoms with E-state index in [1.165, 1.54) is 29.8 Å². The zero-order chi connectivity index (χ0) is 24.5. The molecule has 1 aromatic heterocycles. The van der Waals surface area contributed by atoms with Crippen LogP contribution in [0.25, 0.3) is 17.0 Å². The first-order valence-electron chi connectivity index (χ1n) is 11.2. The smallest absolute Gasteiger partial charge is 0.258 e. The number of halogens is 2. The molecule has 3 aromatic carbocycles. The molecule has 1 unspecified atom stereocenters. The number of anilines is 1. The summed E-state index contributed by atoms with van der Waals surface area (Å²) in [5.41, 5.74) is 4.86. The molecule has 35 heavy (non-hydrogen) atoms. The fourth-order valence-electron chi connectivity index (χ4n) is 4.23. The quantitative estimate of drug-likeness (QED) is 0.326. The maximum absolute atomic E-state index is 13.8. The maximum Gasteiger partial charge on any atom is 0.258 e. The summed E-state index contributed by atoms with van der Waals surface area (Å²) in [7, 11) is 0. The number of nitrogens with zero attached hydrogens (tertiary/aromatic N) is 3. The second-order valence-electron chi connectivity index (χ2n) is 8.23. The zero-order valence-corrected chi connectivity index (χ0v) is 19.9. The lowest BCUT2D eigenvalue weighted by Gasteiger charge is -2.37. The van der Waals surface area contributed by atoms with Crippen LogP contribution in [0.1, 0.15) is 36.9 Å². The largest absolute Gasteiger partial charge is 0.351 e. The van der Waals surface area contributed by atoms with E-state index in [1.54, 1.807) is 24.3 Å². The first kappa shape index (κ1) is 22.9. The van der Waals surface area contributed by atoms with Crippen molar-refractivity contribution in [2.24, 2.45) is 0 Å². The SMILES string of the molecule is CCc1cccc(N2C(=S)NC(c3ccc(F)cc3)C(c3nc(-c4cccc(F)c4)no3)=C2C)c1. The molecule has 0 saturated carbocycles. The summed E-state index contributed by atoms with van der Waals surface area (Å²) in [6.45, 7) is 4.03. The van der Waals surface area contributed by atoms with Crippen LogP contribution in [0, 0.1) is 11.6 Å². The van der Waals surface area contributed by atoms with Gasteiger partial charge in [0.2, 0.25) is 5.82 Å². The molecule has 0 radical (unpaired) electrons. The van der Waals surface area contributed by atoms with Gasteiger partial charge in [0.05, 0.1) is 11.6 Å². The molecule has 1 aliphatic rings. The van der Waals surface area contributed by atoms with Crippen LogP contribution in [0.3, 0.4) is 0 Å². The third kappa shape index (κ3) is 4.44. The number of allylic oxidation sites excluding steroid dienone is 1. The van der Waals surface area contributed by atoms with Gasteiger partial charge in [-0.1, -0.05) is 48.5 Å². The number of thiocarbonyl (C=S) groups is 1. The summed E-state index contributed by atoms with van der Waals surface area (Å²) in [4.78, 5) is 6.52. The number of aryl methyl sites for hydroxylation is 1. The molecule has 8 heteroatoms. The second-order valence-corrected chi connectivity index (χ2v) is 8.61. The molecule has 0 fully saturated rings. The van der Waals surface area contributed by atoms with Crippen LogP contribution in [0.5, 0.6) is 0 Å². The lowest BCUT2D eigenvalue weighted by molar-refractivity contribution is 0.404. The fraction of sp³-hybridized carbons (Fsp3) is 0.148. The second kappa shape index (κ2) is 9.38. The summed E-state index contributed by atoms with van der Waals surface area (Å²) in [6, 6.07) is 19.9. The topological polar surface area (TPSA) is 54.2 Å². The van der Waals surface area contributed by atoms with E-state index in [1.807, 2.05) is 24.0 Å². The molecule has 2 heterocycles. The molecule has 0 spiro atoms. The standard InChI is InChI=1S/C27H22F2N4OS/c1-3-17-6-4-9-22(14-17)33-16(2)23(24(30-27(33)35)18-10-12-20(28)13-11-18)26-31-25(32-34-26)19-7-5-8-21(29)15-19/h4-15,24H,3H2,1-2H3,(H,30,35). The highest BCUT2D eigenvalue weighted by atomic mass is 32.1. The normalized spacial score (nSPS) is 15.9. The Kier molecular flexibility index (Phi) is 6.13. The minimum Gasteiger partial charge on any atom is -0.351 e.